The van der Waals surface area contributed by atoms with Crippen molar-refractivity contribution in [1.29, 1.82) is 0 Å². The van der Waals surface area contributed by atoms with E-state index in [1.165, 1.54) is 12.1 Å². The molecule has 154 valence electrons. The van der Waals surface area contributed by atoms with Crippen LogP contribution in [0.3, 0.4) is 0 Å². The van der Waals surface area contributed by atoms with Crippen LogP contribution in [0.15, 0.2) is 66.4 Å². The maximum absolute atomic E-state index is 13.4. The van der Waals surface area contributed by atoms with Gasteiger partial charge < -0.3 is 5.32 Å². The minimum Gasteiger partial charge on any atom is -0.346 e. The van der Waals surface area contributed by atoms with Crippen LogP contribution in [0.4, 0.5) is 4.39 Å². The zero-order chi connectivity index (χ0) is 21.5. The second-order valence-corrected chi connectivity index (χ2v) is 8.72. The van der Waals surface area contributed by atoms with E-state index < -0.39 is 11.0 Å². The van der Waals surface area contributed by atoms with Crippen molar-refractivity contribution in [2.45, 2.75) is 39.7 Å². The second-order valence-electron chi connectivity index (χ2n) is 8.72. The lowest BCUT2D eigenvalue weighted by atomic mass is 9.72. The topological polar surface area (TPSA) is 46.9 Å². The largest absolute Gasteiger partial charge is 0.346 e. The Balaban J connectivity index is 1.63. The summed E-state index contributed by atoms with van der Waals surface area (Å²) in [6.45, 7) is 8.00. The first-order chi connectivity index (χ1) is 14.2. The first-order valence-corrected chi connectivity index (χ1v) is 10.1. The molecule has 0 radical (unpaired) electrons. The van der Waals surface area contributed by atoms with Gasteiger partial charge in [0.2, 0.25) is 5.91 Å². The third-order valence-corrected chi connectivity index (χ3v) is 6.15. The summed E-state index contributed by atoms with van der Waals surface area (Å²) < 4.78 is 15.1. The van der Waals surface area contributed by atoms with Crippen LogP contribution in [0, 0.1) is 11.2 Å². The molecule has 1 N–H and O–H groups in total. The van der Waals surface area contributed by atoms with Gasteiger partial charge >= 0.3 is 0 Å². The summed E-state index contributed by atoms with van der Waals surface area (Å²) in [5, 5.41) is 7.74. The van der Waals surface area contributed by atoms with Crippen molar-refractivity contribution in [2.75, 3.05) is 0 Å². The minimum absolute atomic E-state index is 0.00900. The van der Waals surface area contributed by atoms with Gasteiger partial charge in [0, 0.05) is 0 Å². The summed E-state index contributed by atoms with van der Waals surface area (Å²) in [5.41, 5.74) is 3.60. The third-order valence-electron chi connectivity index (χ3n) is 6.15. The molecule has 0 bridgehead atoms. The Kier molecular flexibility index (Phi) is 4.85. The fourth-order valence-corrected chi connectivity index (χ4v) is 3.96. The molecule has 1 amide bonds. The van der Waals surface area contributed by atoms with Gasteiger partial charge in [-0.3, -0.25) is 4.79 Å². The molecule has 1 atom stereocenters. The van der Waals surface area contributed by atoms with E-state index in [2.05, 4.69) is 10.4 Å². The Labute approximate surface area is 176 Å². The summed E-state index contributed by atoms with van der Waals surface area (Å²) >= 11 is 0. The number of hydrogen-bond donors (Lipinski definition) is 1. The first-order valence-electron chi connectivity index (χ1n) is 10.1. The lowest BCUT2D eigenvalue weighted by Crippen LogP contribution is -2.49. The molecule has 4 nitrogen and oxygen atoms in total. The number of amides is 1. The van der Waals surface area contributed by atoms with Gasteiger partial charge in [0.05, 0.1) is 28.5 Å². The van der Waals surface area contributed by atoms with Crippen LogP contribution >= 0.6 is 0 Å². The molecule has 1 aliphatic rings. The summed E-state index contributed by atoms with van der Waals surface area (Å²) in [6.07, 6.45) is 4.38. The van der Waals surface area contributed by atoms with Crippen molar-refractivity contribution in [3.63, 3.8) is 0 Å². The summed E-state index contributed by atoms with van der Waals surface area (Å²) in [4.78, 5) is 13.4. The number of halogens is 1. The monoisotopic (exact) mass is 403 g/mol. The van der Waals surface area contributed by atoms with E-state index in [0.29, 0.717) is 6.42 Å². The summed E-state index contributed by atoms with van der Waals surface area (Å²) in [7, 11) is 0. The smallest absolute Gasteiger partial charge is 0.231 e. The van der Waals surface area contributed by atoms with Gasteiger partial charge in [-0.15, -0.1) is 0 Å². The first kappa shape index (κ1) is 20.1. The van der Waals surface area contributed by atoms with E-state index in [0.717, 1.165) is 28.1 Å². The van der Waals surface area contributed by atoms with E-state index in [4.69, 9.17) is 0 Å². The van der Waals surface area contributed by atoms with Crippen molar-refractivity contribution in [1.82, 2.24) is 15.1 Å². The molecule has 0 saturated carbocycles. The number of rotatable bonds is 4. The number of nitrogens with zero attached hydrogens (tertiary/aromatic N) is 2. The number of carbonyl (C=O) groups excluding carboxylic acids is 1. The van der Waals surface area contributed by atoms with Crippen molar-refractivity contribution in [3.05, 3.63) is 89.0 Å². The zero-order valence-corrected chi connectivity index (χ0v) is 17.7. The molecule has 0 aliphatic heterocycles. The lowest BCUT2D eigenvalue weighted by Gasteiger charge is -2.37. The highest BCUT2D eigenvalue weighted by Gasteiger charge is 2.41. The fraction of sp³-hybridized carbons (Fsp3) is 0.280. The molecule has 2 aromatic carbocycles. The SMILES string of the molecule is CC1=Cc2c(cnn2-c2ccc(F)cc2)CC1(C)C(=O)NC(C)(C)c1ccccc1. The molecule has 3 aromatic rings. The zero-order valence-electron chi connectivity index (χ0n) is 17.7. The van der Waals surface area contributed by atoms with Gasteiger partial charge in [0.15, 0.2) is 0 Å². The molecule has 1 heterocycles. The molecular formula is C25H26FN3O. The number of aromatic nitrogens is 2. The molecule has 4 rings (SSSR count). The van der Waals surface area contributed by atoms with Crippen LogP contribution in [0.1, 0.15) is 44.5 Å². The Hall–Kier alpha value is -3.21. The van der Waals surface area contributed by atoms with Crippen LogP contribution in [-0.2, 0) is 16.8 Å². The van der Waals surface area contributed by atoms with E-state index >= 15 is 0 Å². The normalized spacial score (nSPS) is 18.5. The van der Waals surface area contributed by atoms with Crippen molar-refractivity contribution in [2.24, 2.45) is 5.41 Å². The van der Waals surface area contributed by atoms with Crippen molar-refractivity contribution < 1.29 is 9.18 Å². The maximum atomic E-state index is 13.4. The lowest BCUT2D eigenvalue weighted by molar-refractivity contribution is -0.130. The Morgan fingerprint density at radius 1 is 1.13 bits per heavy atom. The molecule has 0 spiro atoms. The minimum atomic E-state index is -0.671. The highest BCUT2D eigenvalue weighted by atomic mass is 19.1. The van der Waals surface area contributed by atoms with Crippen LogP contribution in [0.25, 0.3) is 11.8 Å². The Bertz CT molecular complexity index is 1110. The van der Waals surface area contributed by atoms with E-state index in [1.807, 2.05) is 64.1 Å². The second kappa shape index (κ2) is 7.24. The van der Waals surface area contributed by atoms with E-state index in [1.54, 1.807) is 23.0 Å². The van der Waals surface area contributed by atoms with Gasteiger partial charge in [0.1, 0.15) is 5.82 Å². The number of carbonyl (C=O) groups is 1. The number of benzene rings is 2. The predicted molar refractivity (Wildman–Crippen MR) is 117 cm³/mol. The Morgan fingerprint density at radius 3 is 2.47 bits per heavy atom. The summed E-state index contributed by atoms with van der Waals surface area (Å²) in [6, 6.07) is 16.2. The van der Waals surface area contributed by atoms with E-state index in [-0.39, 0.29) is 11.7 Å². The number of fused-ring (bicyclic) bond motifs is 1. The molecule has 0 fully saturated rings. The van der Waals surface area contributed by atoms with Crippen molar-refractivity contribution in [3.8, 4) is 5.69 Å². The predicted octanol–water partition coefficient (Wildman–Crippen LogP) is 5.03. The van der Waals surface area contributed by atoms with Crippen LogP contribution in [-0.4, -0.2) is 15.7 Å². The molecule has 0 saturated heterocycles. The average molecular weight is 404 g/mol. The highest BCUT2D eigenvalue weighted by Crippen LogP contribution is 2.40. The van der Waals surface area contributed by atoms with E-state index in [9.17, 15) is 9.18 Å². The number of hydrogen-bond acceptors (Lipinski definition) is 2. The molecular weight excluding hydrogens is 377 g/mol. The standard InChI is InChI=1S/C25H26FN3O/c1-17-14-22-18(16-27-29(22)21-12-10-20(26)11-13-21)15-25(17,4)23(30)28-24(2,3)19-8-6-5-7-9-19/h5-14,16H,15H2,1-4H3,(H,28,30). The Morgan fingerprint density at radius 2 is 1.80 bits per heavy atom. The molecule has 30 heavy (non-hydrogen) atoms. The van der Waals surface area contributed by atoms with Crippen LogP contribution in [0.2, 0.25) is 0 Å². The molecule has 1 aliphatic carbocycles. The van der Waals surface area contributed by atoms with Gasteiger partial charge in [-0.05, 0) is 75.6 Å². The molecule has 1 unspecified atom stereocenters. The fourth-order valence-electron chi connectivity index (χ4n) is 3.96. The average Bonchev–Trinajstić information content (AvgIpc) is 3.11. The number of nitrogens with one attached hydrogen (secondary N) is 1. The van der Waals surface area contributed by atoms with Crippen molar-refractivity contribution >= 4 is 12.0 Å². The maximum Gasteiger partial charge on any atom is 0.231 e. The van der Waals surface area contributed by atoms with Gasteiger partial charge in [0.25, 0.3) is 0 Å². The van der Waals surface area contributed by atoms with Crippen LogP contribution in [0.5, 0.6) is 0 Å². The van der Waals surface area contributed by atoms with Gasteiger partial charge in [-0.2, -0.15) is 5.10 Å². The summed E-state index contributed by atoms with van der Waals surface area (Å²) in [5.74, 6) is -0.290. The highest BCUT2D eigenvalue weighted by molar-refractivity contribution is 5.89. The molecule has 1 aromatic heterocycles. The van der Waals surface area contributed by atoms with Gasteiger partial charge in [-0.25, -0.2) is 9.07 Å². The quantitative estimate of drug-likeness (QED) is 0.664. The van der Waals surface area contributed by atoms with Gasteiger partial charge in [-0.1, -0.05) is 35.9 Å². The third kappa shape index (κ3) is 3.45. The molecule has 5 heteroatoms. The van der Waals surface area contributed by atoms with Crippen LogP contribution < -0.4 is 5.32 Å².